The van der Waals surface area contributed by atoms with E-state index in [2.05, 4.69) is 0 Å². The van der Waals surface area contributed by atoms with Crippen molar-refractivity contribution in [2.45, 2.75) is 31.3 Å². The van der Waals surface area contributed by atoms with Gasteiger partial charge in [-0.2, -0.15) is 0 Å². The van der Waals surface area contributed by atoms with Crippen molar-refractivity contribution in [2.75, 3.05) is 20.8 Å². The fourth-order valence-corrected chi connectivity index (χ4v) is 3.70. The lowest BCUT2D eigenvalue weighted by Crippen LogP contribution is -2.28. The second kappa shape index (κ2) is 11.4. The van der Waals surface area contributed by atoms with E-state index < -0.39 is 11.6 Å². The number of unbranched alkanes of at least 4 members (excludes halogenated alkanes) is 2. The smallest absolute Gasteiger partial charge is 0.303 e. The number of benzene rings is 3. The van der Waals surface area contributed by atoms with Gasteiger partial charge in [-0.15, -0.1) is 0 Å². The third-order valence-corrected chi connectivity index (χ3v) is 5.59. The van der Waals surface area contributed by atoms with Crippen molar-refractivity contribution in [1.82, 2.24) is 0 Å². The predicted molar refractivity (Wildman–Crippen MR) is 126 cm³/mol. The molecule has 174 valence electrons. The van der Waals surface area contributed by atoms with E-state index >= 15 is 0 Å². The van der Waals surface area contributed by atoms with Crippen LogP contribution in [0, 0.1) is 0 Å². The van der Waals surface area contributed by atoms with E-state index in [1.807, 2.05) is 72.8 Å². The standard InChI is InChI=1S/C27H30O6/c1-31-23-13-7-20(8-14-23)27(30,21-9-15-24(32-2)16-10-21)22-11-17-25(18-12-22)33-19-5-3-4-6-26(28)29/h7-18,30H,3-6,19H2,1-2H3,(H,28,29). The minimum absolute atomic E-state index is 0.185. The zero-order valence-electron chi connectivity index (χ0n) is 19.0. The number of hydrogen-bond donors (Lipinski definition) is 2. The highest BCUT2D eigenvalue weighted by molar-refractivity contribution is 5.66. The van der Waals surface area contributed by atoms with Crippen LogP contribution in [0.15, 0.2) is 72.8 Å². The number of carboxylic acids is 1. The van der Waals surface area contributed by atoms with Crippen molar-refractivity contribution < 1.29 is 29.2 Å². The van der Waals surface area contributed by atoms with Crippen LogP contribution in [0.1, 0.15) is 42.4 Å². The number of carboxylic acid groups (broad SMARTS) is 1. The second-order valence-corrected chi connectivity index (χ2v) is 7.74. The van der Waals surface area contributed by atoms with Gasteiger partial charge in [0.2, 0.25) is 0 Å². The van der Waals surface area contributed by atoms with E-state index in [1.54, 1.807) is 14.2 Å². The highest BCUT2D eigenvalue weighted by Gasteiger charge is 2.34. The van der Waals surface area contributed by atoms with Crippen molar-refractivity contribution in [3.8, 4) is 17.2 Å². The molecule has 0 radical (unpaired) electrons. The molecule has 2 N–H and O–H groups in total. The zero-order chi connectivity index (χ0) is 23.7. The molecule has 0 heterocycles. The van der Waals surface area contributed by atoms with Crippen LogP contribution in [-0.2, 0) is 10.4 Å². The average molecular weight is 451 g/mol. The van der Waals surface area contributed by atoms with Crippen molar-refractivity contribution in [2.24, 2.45) is 0 Å². The summed E-state index contributed by atoms with van der Waals surface area (Å²) >= 11 is 0. The lowest BCUT2D eigenvalue weighted by atomic mass is 9.80. The van der Waals surface area contributed by atoms with Crippen LogP contribution in [0.3, 0.4) is 0 Å². The van der Waals surface area contributed by atoms with E-state index in [9.17, 15) is 9.90 Å². The Morgan fingerprint density at radius 2 is 1.12 bits per heavy atom. The lowest BCUT2D eigenvalue weighted by Gasteiger charge is -2.30. The van der Waals surface area contributed by atoms with Crippen LogP contribution < -0.4 is 14.2 Å². The highest BCUT2D eigenvalue weighted by atomic mass is 16.5. The largest absolute Gasteiger partial charge is 0.497 e. The summed E-state index contributed by atoms with van der Waals surface area (Å²) in [5, 5.41) is 20.7. The Bertz CT molecular complexity index is 962. The monoisotopic (exact) mass is 450 g/mol. The van der Waals surface area contributed by atoms with Gasteiger partial charge in [0.05, 0.1) is 20.8 Å². The summed E-state index contributed by atoms with van der Waals surface area (Å²) in [6, 6.07) is 22.1. The molecule has 0 spiro atoms. The summed E-state index contributed by atoms with van der Waals surface area (Å²) in [5.41, 5.74) is 0.737. The molecule has 6 heteroatoms. The molecule has 3 rings (SSSR count). The minimum Gasteiger partial charge on any atom is -0.497 e. The van der Waals surface area contributed by atoms with Crippen LogP contribution in [0.4, 0.5) is 0 Å². The summed E-state index contributed by atoms with van der Waals surface area (Å²) in [6.45, 7) is 0.514. The number of carbonyl (C=O) groups is 1. The molecular formula is C27H30O6. The summed E-state index contributed by atoms with van der Waals surface area (Å²) < 4.78 is 16.3. The summed E-state index contributed by atoms with van der Waals surface area (Å²) in [5.74, 6) is 1.35. The Morgan fingerprint density at radius 3 is 1.52 bits per heavy atom. The number of rotatable bonds is 12. The van der Waals surface area contributed by atoms with Gasteiger partial charge >= 0.3 is 5.97 Å². The third-order valence-electron chi connectivity index (χ3n) is 5.59. The minimum atomic E-state index is -1.38. The molecule has 0 atom stereocenters. The topological polar surface area (TPSA) is 85.2 Å². The molecule has 0 aliphatic heterocycles. The van der Waals surface area contributed by atoms with E-state index in [1.165, 1.54) is 0 Å². The van der Waals surface area contributed by atoms with E-state index in [-0.39, 0.29) is 6.42 Å². The first-order valence-corrected chi connectivity index (χ1v) is 10.9. The number of aliphatic carboxylic acids is 1. The SMILES string of the molecule is COc1ccc(C(O)(c2ccc(OC)cc2)c2ccc(OCCCCCC(=O)O)cc2)cc1. The molecule has 33 heavy (non-hydrogen) atoms. The maximum absolute atomic E-state index is 12.0. The Labute approximate surface area is 194 Å². The Balaban J connectivity index is 1.80. The first-order valence-electron chi connectivity index (χ1n) is 10.9. The van der Waals surface area contributed by atoms with Crippen LogP contribution >= 0.6 is 0 Å². The lowest BCUT2D eigenvalue weighted by molar-refractivity contribution is -0.137. The Morgan fingerprint density at radius 1 is 0.697 bits per heavy atom. The third kappa shape index (κ3) is 6.05. The molecule has 0 unspecified atom stereocenters. The van der Waals surface area contributed by atoms with Gasteiger partial charge in [0.25, 0.3) is 0 Å². The van der Waals surface area contributed by atoms with Gasteiger partial charge in [0.15, 0.2) is 0 Å². The summed E-state index contributed by atoms with van der Waals surface area (Å²) in [6.07, 6.45) is 2.42. The van der Waals surface area contributed by atoms with E-state index in [4.69, 9.17) is 19.3 Å². The molecule has 0 amide bonds. The van der Waals surface area contributed by atoms with Gasteiger partial charge in [-0.3, -0.25) is 4.79 Å². The van der Waals surface area contributed by atoms with Crippen LogP contribution in [-0.4, -0.2) is 37.0 Å². The molecule has 0 saturated heterocycles. The van der Waals surface area contributed by atoms with Gasteiger partial charge in [-0.05, 0) is 72.4 Å². The number of ether oxygens (including phenoxy) is 3. The zero-order valence-corrected chi connectivity index (χ0v) is 19.0. The maximum Gasteiger partial charge on any atom is 0.303 e. The molecule has 6 nitrogen and oxygen atoms in total. The average Bonchev–Trinajstić information content (AvgIpc) is 2.86. The van der Waals surface area contributed by atoms with E-state index in [0.717, 1.165) is 12.8 Å². The Hall–Kier alpha value is -3.51. The fourth-order valence-electron chi connectivity index (χ4n) is 3.70. The summed E-state index contributed by atoms with van der Waals surface area (Å²) in [7, 11) is 3.21. The van der Waals surface area contributed by atoms with Gasteiger partial charge in [0, 0.05) is 6.42 Å². The molecule has 0 aliphatic carbocycles. The van der Waals surface area contributed by atoms with Crippen LogP contribution in [0.5, 0.6) is 17.2 Å². The predicted octanol–water partition coefficient (Wildman–Crippen LogP) is 5.01. The molecule has 3 aromatic carbocycles. The molecule has 0 saturated carbocycles. The van der Waals surface area contributed by atoms with Crippen molar-refractivity contribution in [1.29, 1.82) is 0 Å². The number of methoxy groups -OCH3 is 2. The normalized spacial score (nSPS) is 11.1. The molecule has 0 fully saturated rings. The molecular weight excluding hydrogens is 420 g/mol. The maximum atomic E-state index is 12.0. The summed E-state index contributed by atoms with van der Waals surface area (Å²) in [4.78, 5) is 10.6. The van der Waals surface area contributed by atoms with Crippen molar-refractivity contribution in [3.63, 3.8) is 0 Å². The van der Waals surface area contributed by atoms with Crippen LogP contribution in [0.25, 0.3) is 0 Å². The Kier molecular flexibility index (Phi) is 8.33. The first-order chi connectivity index (χ1) is 16.0. The van der Waals surface area contributed by atoms with Crippen LogP contribution in [0.2, 0.25) is 0 Å². The van der Waals surface area contributed by atoms with Crippen molar-refractivity contribution >= 4 is 5.97 Å². The van der Waals surface area contributed by atoms with Gasteiger partial charge in [-0.25, -0.2) is 0 Å². The second-order valence-electron chi connectivity index (χ2n) is 7.74. The molecule has 0 aromatic heterocycles. The molecule has 3 aromatic rings. The van der Waals surface area contributed by atoms with Gasteiger partial charge < -0.3 is 24.4 Å². The van der Waals surface area contributed by atoms with Gasteiger partial charge in [0.1, 0.15) is 22.8 Å². The highest BCUT2D eigenvalue weighted by Crippen LogP contribution is 2.38. The fraction of sp³-hybridized carbons (Fsp3) is 0.296. The molecule has 0 aliphatic rings. The molecule has 0 bridgehead atoms. The number of hydrogen-bond acceptors (Lipinski definition) is 5. The number of aliphatic hydroxyl groups is 1. The quantitative estimate of drug-likeness (QED) is 0.298. The van der Waals surface area contributed by atoms with Crippen molar-refractivity contribution in [3.05, 3.63) is 89.5 Å². The van der Waals surface area contributed by atoms with Gasteiger partial charge in [-0.1, -0.05) is 36.4 Å². The first kappa shape index (κ1) is 24.1. The van der Waals surface area contributed by atoms with E-state index in [0.29, 0.717) is 47.0 Å².